The van der Waals surface area contributed by atoms with Crippen molar-refractivity contribution in [3.05, 3.63) is 59.1 Å². The minimum atomic E-state index is 0.243. The first-order valence-electron chi connectivity index (χ1n) is 8.70. The van der Waals surface area contributed by atoms with Gasteiger partial charge >= 0.3 is 0 Å². The highest BCUT2D eigenvalue weighted by Gasteiger charge is 2.23. The molecule has 5 heteroatoms. The summed E-state index contributed by atoms with van der Waals surface area (Å²) in [6, 6.07) is 16.0. The standard InChI is InChI=1S/C20H25ClN2O2/c1-22-10-11-23(15-18(22)9-12-24)14-16-3-2-4-20(13-16)25-19-7-5-17(21)6-8-19/h2-8,13,18,24H,9-12,14-15H2,1H3/t18-/m1/s1. The molecule has 1 atom stereocenters. The van der Waals surface area contributed by atoms with Crippen LogP contribution in [-0.4, -0.2) is 54.2 Å². The van der Waals surface area contributed by atoms with E-state index < -0.39 is 0 Å². The van der Waals surface area contributed by atoms with Crippen LogP contribution in [0.3, 0.4) is 0 Å². The molecular formula is C20H25ClN2O2. The Labute approximate surface area is 154 Å². The van der Waals surface area contributed by atoms with Gasteiger partial charge in [-0.15, -0.1) is 0 Å². The second-order valence-corrected chi connectivity index (χ2v) is 7.02. The zero-order valence-corrected chi connectivity index (χ0v) is 15.3. The molecule has 0 radical (unpaired) electrons. The van der Waals surface area contributed by atoms with Gasteiger partial charge < -0.3 is 14.7 Å². The van der Waals surface area contributed by atoms with Crippen LogP contribution >= 0.6 is 11.6 Å². The molecule has 0 bridgehead atoms. The Bertz CT molecular complexity index is 678. The van der Waals surface area contributed by atoms with Gasteiger partial charge in [-0.3, -0.25) is 4.90 Å². The predicted molar refractivity (Wildman–Crippen MR) is 101 cm³/mol. The molecule has 1 fully saturated rings. The van der Waals surface area contributed by atoms with E-state index >= 15 is 0 Å². The Morgan fingerprint density at radius 2 is 1.92 bits per heavy atom. The number of aliphatic hydroxyl groups excluding tert-OH is 1. The number of likely N-dealkylation sites (N-methyl/N-ethyl adjacent to an activating group) is 1. The van der Waals surface area contributed by atoms with Gasteiger partial charge in [0.1, 0.15) is 11.5 Å². The van der Waals surface area contributed by atoms with Crippen LogP contribution in [-0.2, 0) is 6.54 Å². The van der Waals surface area contributed by atoms with Crippen molar-refractivity contribution >= 4 is 11.6 Å². The van der Waals surface area contributed by atoms with Crippen LogP contribution in [0.1, 0.15) is 12.0 Å². The molecule has 0 aliphatic carbocycles. The predicted octanol–water partition coefficient (Wildman–Crippen LogP) is 3.63. The van der Waals surface area contributed by atoms with E-state index in [4.69, 9.17) is 16.3 Å². The quantitative estimate of drug-likeness (QED) is 0.853. The monoisotopic (exact) mass is 360 g/mol. The lowest BCUT2D eigenvalue weighted by molar-refractivity contribution is 0.0743. The molecule has 0 amide bonds. The molecule has 1 N–H and O–H groups in total. The van der Waals surface area contributed by atoms with Crippen LogP contribution < -0.4 is 4.74 Å². The summed E-state index contributed by atoms with van der Waals surface area (Å²) in [5.74, 6) is 1.62. The molecule has 25 heavy (non-hydrogen) atoms. The van der Waals surface area contributed by atoms with Gasteiger partial charge in [-0.2, -0.15) is 0 Å². The van der Waals surface area contributed by atoms with Gasteiger partial charge in [0.05, 0.1) is 0 Å². The third kappa shape index (κ3) is 5.19. The van der Waals surface area contributed by atoms with E-state index in [0.717, 1.165) is 44.1 Å². The minimum absolute atomic E-state index is 0.243. The Kier molecular flexibility index (Phi) is 6.32. The van der Waals surface area contributed by atoms with Gasteiger partial charge in [-0.1, -0.05) is 23.7 Å². The maximum absolute atomic E-state index is 9.24. The average Bonchev–Trinajstić information content (AvgIpc) is 2.60. The van der Waals surface area contributed by atoms with E-state index in [1.54, 1.807) is 0 Å². The molecule has 4 nitrogen and oxygen atoms in total. The molecule has 1 heterocycles. The lowest BCUT2D eigenvalue weighted by Gasteiger charge is -2.39. The number of aliphatic hydroxyl groups is 1. The van der Waals surface area contributed by atoms with E-state index in [9.17, 15) is 5.11 Å². The first-order valence-corrected chi connectivity index (χ1v) is 9.07. The number of benzene rings is 2. The van der Waals surface area contributed by atoms with Crippen LogP contribution in [0.25, 0.3) is 0 Å². The molecule has 0 unspecified atom stereocenters. The van der Waals surface area contributed by atoms with Gasteiger partial charge in [0.15, 0.2) is 0 Å². The lowest BCUT2D eigenvalue weighted by atomic mass is 10.1. The second-order valence-electron chi connectivity index (χ2n) is 6.59. The summed E-state index contributed by atoms with van der Waals surface area (Å²) in [4.78, 5) is 4.79. The van der Waals surface area contributed by atoms with Crippen molar-refractivity contribution in [2.45, 2.75) is 19.0 Å². The highest BCUT2D eigenvalue weighted by atomic mass is 35.5. The molecular weight excluding hydrogens is 336 g/mol. The number of halogens is 1. The van der Waals surface area contributed by atoms with E-state index in [0.29, 0.717) is 11.1 Å². The molecule has 3 rings (SSSR count). The number of nitrogens with zero attached hydrogens (tertiary/aromatic N) is 2. The average molecular weight is 361 g/mol. The number of ether oxygens (including phenoxy) is 1. The number of piperazine rings is 1. The molecule has 1 aliphatic rings. The largest absolute Gasteiger partial charge is 0.457 e. The smallest absolute Gasteiger partial charge is 0.127 e. The van der Waals surface area contributed by atoms with Crippen LogP contribution in [0.5, 0.6) is 11.5 Å². The van der Waals surface area contributed by atoms with E-state index in [-0.39, 0.29) is 6.61 Å². The van der Waals surface area contributed by atoms with Crippen molar-refractivity contribution in [2.24, 2.45) is 0 Å². The second kappa shape index (κ2) is 8.68. The van der Waals surface area contributed by atoms with Crippen molar-refractivity contribution in [1.82, 2.24) is 9.80 Å². The molecule has 1 saturated heterocycles. The lowest BCUT2D eigenvalue weighted by Crippen LogP contribution is -2.51. The first kappa shape index (κ1) is 18.2. The summed E-state index contributed by atoms with van der Waals surface area (Å²) < 4.78 is 5.92. The molecule has 0 saturated carbocycles. The summed E-state index contributed by atoms with van der Waals surface area (Å²) in [7, 11) is 2.14. The third-order valence-corrected chi connectivity index (χ3v) is 4.93. The Morgan fingerprint density at radius 1 is 1.12 bits per heavy atom. The fraction of sp³-hybridized carbons (Fsp3) is 0.400. The van der Waals surface area contributed by atoms with E-state index in [1.165, 1.54) is 5.56 Å². The third-order valence-electron chi connectivity index (χ3n) is 4.68. The van der Waals surface area contributed by atoms with Crippen LogP contribution in [0.4, 0.5) is 0 Å². The fourth-order valence-corrected chi connectivity index (χ4v) is 3.34. The van der Waals surface area contributed by atoms with E-state index in [2.05, 4.69) is 29.0 Å². The maximum atomic E-state index is 9.24. The highest BCUT2D eigenvalue weighted by molar-refractivity contribution is 6.30. The van der Waals surface area contributed by atoms with Gasteiger partial charge in [0.2, 0.25) is 0 Å². The topological polar surface area (TPSA) is 35.9 Å². The first-order chi connectivity index (χ1) is 12.1. The number of hydrogen-bond acceptors (Lipinski definition) is 4. The summed E-state index contributed by atoms with van der Waals surface area (Å²) in [6.45, 7) is 4.20. The van der Waals surface area contributed by atoms with Crippen LogP contribution in [0, 0.1) is 0 Å². The summed E-state index contributed by atoms with van der Waals surface area (Å²) >= 11 is 5.91. The Hall–Kier alpha value is -1.59. The SMILES string of the molecule is CN1CCN(Cc2cccc(Oc3ccc(Cl)cc3)c2)C[C@H]1CCO. The highest BCUT2D eigenvalue weighted by Crippen LogP contribution is 2.24. The summed E-state index contributed by atoms with van der Waals surface area (Å²) in [5, 5.41) is 9.94. The Morgan fingerprint density at radius 3 is 2.68 bits per heavy atom. The summed E-state index contributed by atoms with van der Waals surface area (Å²) in [5.41, 5.74) is 1.23. The van der Waals surface area contributed by atoms with Crippen molar-refractivity contribution in [3.8, 4) is 11.5 Å². The minimum Gasteiger partial charge on any atom is -0.457 e. The molecule has 1 aliphatic heterocycles. The normalized spacial score (nSPS) is 19.1. The Balaban J connectivity index is 1.62. The zero-order valence-electron chi connectivity index (χ0n) is 14.6. The molecule has 0 aromatic heterocycles. The van der Waals surface area contributed by atoms with Gasteiger partial charge in [-0.25, -0.2) is 0 Å². The van der Waals surface area contributed by atoms with Crippen molar-refractivity contribution in [1.29, 1.82) is 0 Å². The van der Waals surface area contributed by atoms with Crippen LogP contribution in [0.2, 0.25) is 5.02 Å². The summed E-state index contributed by atoms with van der Waals surface area (Å²) in [6.07, 6.45) is 0.826. The molecule has 0 spiro atoms. The molecule has 134 valence electrons. The van der Waals surface area contributed by atoms with E-state index in [1.807, 2.05) is 36.4 Å². The van der Waals surface area contributed by atoms with Crippen molar-refractivity contribution in [3.63, 3.8) is 0 Å². The van der Waals surface area contributed by atoms with Gasteiger partial charge in [0, 0.05) is 43.9 Å². The maximum Gasteiger partial charge on any atom is 0.127 e. The van der Waals surface area contributed by atoms with Crippen molar-refractivity contribution < 1.29 is 9.84 Å². The van der Waals surface area contributed by atoms with Crippen LogP contribution in [0.15, 0.2) is 48.5 Å². The van der Waals surface area contributed by atoms with Gasteiger partial charge in [0.25, 0.3) is 0 Å². The molecule has 2 aromatic carbocycles. The zero-order chi connectivity index (χ0) is 17.6. The number of rotatable bonds is 6. The molecule has 2 aromatic rings. The number of hydrogen-bond donors (Lipinski definition) is 1. The van der Waals surface area contributed by atoms with Gasteiger partial charge in [-0.05, 0) is 55.4 Å². The van der Waals surface area contributed by atoms with Crippen molar-refractivity contribution in [2.75, 3.05) is 33.3 Å². The fourth-order valence-electron chi connectivity index (χ4n) is 3.22.